The predicted molar refractivity (Wildman–Crippen MR) is 102 cm³/mol. The molecule has 1 heterocycles. The van der Waals surface area contributed by atoms with Gasteiger partial charge in [0.05, 0.1) is 13.1 Å². The van der Waals surface area contributed by atoms with E-state index in [1.165, 1.54) is 42.6 Å². The number of rotatable bonds is 6. The SMILES string of the molecule is CC(C)c1ccc(C(=O)NCc2ccccc2C[NH+]2CCCC2)cc1. The minimum atomic E-state index is -0.00127. The molecule has 1 aliphatic heterocycles. The second kappa shape index (κ2) is 8.30. The first-order chi connectivity index (χ1) is 12.1. The van der Waals surface area contributed by atoms with Gasteiger partial charge in [0.2, 0.25) is 0 Å². The minimum absolute atomic E-state index is 0.00127. The molecule has 1 aliphatic rings. The second-order valence-corrected chi connectivity index (χ2v) is 7.36. The Morgan fingerprint density at radius 3 is 2.28 bits per heavy atom. The van der Waals surface area contributed by atoms with Crippen molar-refractivity contribution in [2.24, 2.45) is 0 Å². The van der Waals surface area contributed by atoms with Crippen LogP contribution >= 0.6 is 0 Å². The molecule has 0 spiro atoms. The van der Waals surface area contributed by atoms with Crippen LogP contribution < -0.4 is 10.2 Å². The number of carbonyl (C=O) groups is 1. The van der Waals surface area contributed by atoms with Crippen LogP contribution in [0.15, 0.2) is 48.5 Å². The highest BCUT2D eigenvalue weighted by Gasteiger charge is 2.17. The molecule has 0 unspecified atom stereocenters. The van der Waals surface area contributed by atoms with Crippen LogP contribution in [0.4, 0.5) is 0 Å². The zero-order valence-electron chi connectivity index (χ0n) is 15.3. The summed E-state index contributed by atoms with van der Waals surface area (Å²) >= 11 is 0. The van der Waals surface area contributed by atoms with Crippen molar-refractivity contribution in [1.82, 2.24) is 5.32 Å². The number of hydrogen-bond donors (Lipinski definition) is 2. The van der Waals surface area contributed by atoms with E-state index in [0.29, 0.717) is 12.5 Å². The number of nitrogens with one attached hydrogen (secondary N) is 2. The molecule has 3 rings (SSSR count). The van der Waals surface area contributed by atoms with Crippen molar-refractivity contribution in [3.63, 3.8) is 0 Å². The number of amides is 1. The average molecular weight is 337 g/mol. The molecular formula is C22H29N2O+. The summed E-state index contributed by atoms with van der Waals surface area (Å²) in [4.78, 5) is 14.1. The fraction of sp³-hybridized carbons (Fsp3) is 0.409. The lowest BCUT2D eigenvalue weighted by atomic mass is 10.0. The van der Waals surface area contributed by atoms with Gasteiger partial charge in [-0.15, -0.1) is 0 Å². The summed E-state index contributed by atoms with van der Waals surface area (Å²) in [6.07, 6.45) is 2.67. The fourth-order valence-corrected chi connectivity index (χ4v) is 3.52. The maximum absolute atomic E-state index is 12.4. The van der Waals surface area contributed by atoms with E-state index in [0.717, 1.165) is 12.1 Å². The number of carbonyl (C=O) groups excluding carboxylic acids is 1. The first-order valence-electron chi connectivity index (χ1n) is 9.42. The zero-order valence-corrected chi connectivity index (χ0v) is 15.3. The van der Waals surface area contributed by atoms with E-state index >= 15 is 0 Å². The van der Waals surface area contributed by atoms with Gasteiger partial charge in [-0.05, 0) is 29.2 Å². The van der Waals surface area contributed by atoms with Crippen LogP contribution in [0.1, 0.15) is 59.7 Å². The van der Waals surface area contributed by atoms with Gasteiger partial charge in [-0.3, -0.25) is 4.79 Å². The summed E-state index contributed by atoms with van der Waals surface area (Å²) in [6, 6.07) is 16.4. The lowest BCUT2D eigenvalue weighted by Gasteiger charge is -2.15. The summed E-state index contributed by atoms with van der Waals surface area (Å²) < 4.78 is 0. The van der Waals surface area contributed by atoms with Gasteiger partial charge in [-0.1, -0.05) is 50.2 Å². The quantitative estimate of drug-likeness (QED) is 0.835. The van der Waals surface area contributed by atoms with Crippen molar-refractivity contribution in [3.05, 3.63) is 70.8 Å². The lowest BCUT2D eigenvalue weighted by Crippen LogP contribution is -3.08. The van der Waals surface area contributed by atoms with Crippen LogP contribution in [-0.2, 0) is 13.1 Å². The maximum atomic E-state index is 12.4. The highest BCUT2D eigenvalue weighted by atomic mass is 16.1. The molecule has 3 heteroatoms. The normalized spacial score (nSPS) is 14.8. The summed E-state index contributed by atoms with van der Waals surface area (Å²) in [7, 11) is 0. The highest BCUT2D eigenvalue weighted by molar-refractivity contribution is 5.94. The maximum Gasteiger partial charge on any atom is 0.251 e. The highest BCUT2D eigenvalue weighted by Crippen LogP contribution is 2.15. The summed E-state index contributed by atoms with van der Waals surface area (Å²) in [6.45, 7) is 8.51. The molecule has 1 amide bonds. The molecule has 25 heavy (non-hydrogen) atoms. The molecule has 3 nitrogen and oxygen atoms in total. The van der Waals surface area contributed by atoms with Gasteiger partial charge in [-0.2, -0.15) is 0 Å². The zero-order chi connectivity index (χ0) is 17.6. The van der Waals surface area contributed by atoms with Gasteiger partial charge in [-0.25, -0.2) is 0 Å². The summed E-state index contributed by atoms with van der Waals surface area (Å²) in [5, 5.41) is 3.08. The van der Waals surface area contributed by atoms with Crippen molar-refractivity contribution in [3.8, 4) is 0 Å². The third-order valence-corrected chi connectivity index (χ3v) is 5.15. The first kappa shape index (κ1) is 17.7. The molecule has 0 atom stereocenters. The number of quaternary nitrogens is 1. The van der Waals surface area contributed by atoms with Gasteiger partial charge in [0.15, 0.2) is 0 Å². The van der Waals surface area contributed by atoms with Crippen LogP contribution in [0.25, 0.3) is 0 Å². The summed E-state index contributed by atoms with van der Waals surface area (Å²) in [5.41, 5.74) is 4.58. The average Bonchev–Trinajstić information content (AvgIpc) is 3.14. The molecule has 0 bridgehead atoms. The molecule has 132 valence electrons. The molecule has 0 saturated carbocycles. The van der Waals surface area contributed by atoms with Crippen molar-refractivity contribution >= 4 is 5.91 Å². The van der Waals surface area contributed by atoms with Crippen LogP contribution in [0.2, 0.25) is 0 Å². The Morgan fingerprint density at radius 2 is 1.64 bits per heavy atom. The Bertz CT molecular complexity index is 700. The van der Waals surface area contributed by atoms with E-state index in [-0.39, 0.29) is 5.91 Å². The van der Waals surface area contributed by atoms with Crippen molar-refractivity contribution in [2.45, 2.75) is 45.7 Å². The van der Waals surface area contributed by atoms with E-state index in [9.17, 15) is 4.79 Å². The molecule has 2 aromatic rings. The Kier molecular flexibility index (Phi) is 5.87. The Hall–Kier alpha value is -2.13. The third-order valence-electron chi connectivity index (χ3n) is 5.15. The topological polar surface area (TPSA) is 33.5 Å². The lowest BCUT2D eigenvalue weighted by molar-refractivity contribution is -0.901. The van der Waals surface area contributed by atoms with Crippen LogP contribution in [0.5, 0.6) is 0 Å². The van der Waals surface area contributed by atoms with Gasteiger partial charge in [0, 0.05) is 30.5 Å². The van der Waals surface area contributed by atoms with E-state index in [4.69, 9.17) is 0 Å². The second-order valence-electron chi connectivity index (χ2n) is 7.36. The van der Waals surface area contributed by atoms with Crippen molar-refractivity contribution in [2.75, 3.05) is 13.1 Å². The number of likely N-dealkylation sites (tertiary alicyclic amines) is 1. The first-order valence-corrected chi connectivity index (χ1v) is 9.42. The molecule has 0 aliphatic carbocycles. The van der Waals surface area contributed by atoms with Gasteiger partial charge in [0.1, 0.15) is 6.54 Å². The van der Waals surface area contributed by atoms with Gasteiger partial charge < -0.3 is 10.2 Å². The predicted octanol–water partition coefficient (Wildman–Crippen LogP) is 2.92. The van der Waals surface area contributed by atoms with E-state index < -0.39 is 0 Å². The van der Waals surface area contributed by atoms with E-state index in [1.54, 1.807) is 4.90 Å². The molecule has 0 radical (unpaired) electrons. The van der Waals surface area contributed by atoms with Crippen molar-refractivity contribution < 1.29 is 9.69 Å². The standard InChI is InChI=1S/C22H28N2O/c1-17(2)18-9-11-19(12-10-18)22(25)23-15-20-7-3-4-8-21(20)16-24-13-5-6-14-24/h3-4,7-12,17H,5-6,13-16H2,1-2H3,(H,23,25)/p+1. The van der Waals surface area contributed by atoms with Crippen molar-refractivity contribution in [1.29, 1.82) is 0 Å². The Morgan fingerprint density at radius 1 is 1.00 bits per heavy atom. The minimum Gasteiger partial charge on any atom is -0.348 e. The van der Waals surface area contributed by atoms with E-state index in [2.05, 4.69) is 43.4 Å². The monoisotopic (exact) mass is 337 g/mol. The van der Waals surface area contributed by atoms with Gasteiger partial charge >= 0.3 is 0 Å². The molecule has 2 aromatic carbocycles. The van der Waals surface area contributed by atoms with Crippen LogP contribution in [-0.4, -0.2) is 19.0 Å². The Labute approximate surface area is 151 Å². The molecule has 2 N–H and O–H groups in total. The summed E-state index contributed by atoms with van der Waals surface area (Å²) in [5.74, 6) is 0.482. The van der Waals surface area contributed by atoms with Gasteiger partial charge in [0.25, 0.3) is 5.91 Å². The molecule has 0 aromatic heterocycles. The number of benzene rings is 2. The van der Waals surface area contributed by atoms with Crippen LogP contribution in [0, 0.1) is 0 Å². The molecule has 1 saturated heterocycles. The smallest absolute Gasteiger partial charge is 0.251 e. The molecule has 1 fully saturated rings. The fourth-order valence-electron chi connectivity index (χ4n) is 3.52. The number of hydrogen-bond acceptors (Lipinski definition) is 1. The molecular weight excluding hydrogens is 308 g/mol. The largest absolute Gasteiger partial charge is 0.348 e. The third kappa shape index (κ3) is 4.70. The Balaban J connectivity index is 1.61. The van der Waals surface area contributed by atoms with E-state index in [1.807, 2.05) is 24.3 Å². The van der Waals surface area contributed by atoms with Crippen LogP contribution in [0.3, 0.4) is 0 Å².